The van der Waals surface area contributed by atoms with Crippen LogP contribution in [-0.2, 0) is 0 Å². The van der Waals surface area contributed by atoms with Gasteiger partial charge in [-0.05, 0) is 48.8 Å². The van der Waals surface area contributed by atoms with Crippen molar-refractivity contribution in [3.8, 4) is 5.75 Å². The average molecular weight is 246 g/mol. The Balaban J connectivity index is 1.90. The molecular formula is C17H26O. The first-order valence-electron chi connectivity index (χ1n) is 7.52. The van der Waals surface area contributed by atoms with Crippen LogP contribution in [0.15, 0.2) is 24.3 Å². The van der Waals surface area contributed by atoms with Gasteiger partial charge in [0.1, 0.15) is 5.75 Å². The van der Waals surface area contributed by atoms with E-state index in [0.29, 0.717) is 0 Å². The lowest BCUT2D eigenvalue weighted by molar-refractivity contribution is 0.308. The Kier molecular flexibility index (Phi) is 5.10. The highest BCUT2D eigenvalue weighted by molar-refractivity contribution is 5.29. The van der Waals surface area contributed by atoms with Crippen molar-refractivity contribution in [1.29, 1.82) is 0 Å². The summed E-state index contributed by atoms with van der Waals surface area (Å²) >= 11 is 0. The van der Waals surface area contributed by atoms with E-state index in [1.165, 1.54) is 37.7 Å². The molecule has 1 saturated carbocycles. The summed E-state index contributed by atoms with van der Waals surface area (Å²) in [4.78, 5) is 0. The van der Waals surface area contributed by atoms with Crippen molar-refractivity contribution in [2.45, 2.75) is 58.3 Å². The molecule has 0 saturated heterocycles. The maximum Gasteiger partial charge on any atom is 0.119 e. The van der Waals surface area contributed by atoms with Crippen LogP contribution < -0.4 is 4.74 Å². The van der Waals surface area contributed by atoms with Crippen LogP contribution in [-0.4, -0.2) is 6.61 Å². The van der Waals surface area contributed by atoms with Crippen molar-refractivity contribution in [1.82, 2.24) is 0 Å². The molecule has 1 aliphatic rings. The second-order valence-electron chi connectivity index (χ2n) is 5.74. The maximum atomic E-state index is 5.71. The number of hydrogen-bond donors (Lipinski definition) is 0. The highest BCUT2D eigenvalue weighted by Crippen LogP contribution is 2.36. The third kappa shape index (κ3) is 3.76. The summed E-state index contributed by atoms with van der Waals surface area (Å²) < 4.78 is 5.71. The number of ether oxygens (including phenoxy) is 1. The monoisotopic (exact) mass is 246 g/mol. The zero-order valence-electron chi connectivity index (χ0n) is 11.8. The summed E-state index contributed by atoms with van der Waals surface area (Å²) in [6.45, 7) is 5.42. The van der Waals surface area contributed by atoms with Crippen molar-refractivity contribution in [2.75, 3.05) is 6.61 Å². The van der Waals surface area contributed by atoms with E-state index >= 15 is 0 Å². The summed E-state index contributed by atoms with van der Waals surface area (Å²) in [5.41, 5.74) is 1.50. The lowest BCUT2D eigenvalue weighted by atomic mass is 9.79. The van der Waals surface area contributed by atoms with E-state index in [0.717, 1.165) is 30.6 Å². The van der Waals surface area contributed by atoms with Crippen LogP contribution in [0, 0.1) is 5.92 Å². The van der Waals surface area contributed by atoms with E-state index in [1.807, 2.05) is 0 Å². The molecule has 1 aliphatic carbocycles. The van der Waals surface area contributed by atoms with Crippen LogP contribution >= 0.6 is 0 Å². The van der Waals surface area contributed by atoms with E-state index in [1.54, 1.807) is 0 Å². The van der Waals surface area contributed by atoms with Gasteiger partial charge in [0.05, 0.1) is 6.61 Å². The molecule has 1 aromatic carbocycles. The largest absolute Gasteiger partial charge is 0.494 e. The highest BCUT2D eigenvalue weighted by atomic mass is 16.5. The van der Waals surface area contributed by atoms with Gasteiger partial charge in [0.15, 0.2) is 0 Å². The van der Waals surface area contributed by atoms with E-state index in [9.17, 15) is 0 Å². The predicted octanol–water partition coefficient (Wildman–Crippen LogP) is 5.16. The molecule has 2 unspecified atom stereocenters. The molecule has 1 aromatic rings. The summed E-state index contributed by atoms with van der Waals surface area (Å²) in [6.07, 6.45) is 7.85. The molecule has 1 fully saturated rings. The van der Waals surface area contributed by atoms with Crippen molar-refractivity contribution >= 4 is 0 Å². The molecular weight excluding hydrogens is 220 g/mol. The molecule has 100 valence electrons. The van der Waals surface area contributed by atoms with Gasteiger partial charge in [-0.2, -0.15) is 0 Å². The summed E-state index contributed by atoms with van der Waals surface area (Å²) in [7, 11) is 0. The Hall–Kier alpha value is -0.980. The standard InChI is InChI=1S/C17H26O/c1-3-4-12-18-17-10-8-15(9-11-17)16-7-5-6-14(2)13-16/h8-11,14,16H,3-7,12-13H2,1-2H3. The fourth-order valence-corrected chi connectivity index (χ4v) is 2.91. The Morgan fingerprint density at radius 3 is 2.61 bits per heavy atom. The number of rotatable bonds is 5. The van der Waals surface area contributed by atoms with E-state index in [4.69, 9.17) is 4.74 Å². The Labute approximate surface area is 112 Å². The molecule has 1 nitrogen and oxygen atoms in total. The number of benzene rings is 1. The second kappa shape index (κ2) is 6.82. The SMILES string of the molecule is CCCCOc1ccc(C2CCCC(C)C2)cc1. The maximum absolute atomic E-state index is 5.71. The number of unbranched alkanes of at least 4 members (excludes halogenated alkanes) is 1. The molecule has 2 atom stereocenters. The van der Waals surface area contributed by atoms with Gasteiger partial charge in [-0.15, -0.1) is 0 Å². The minimum atomic E-state index is 0.776. The Morgan fingerprint density at radius 1 is 1.17 bits per heavy atom. The first-order valence-corrected chi connectivity index (χ1v) is 7.52. The fourth-order valence-electron chi connectivity index (χ4n) is 2.91. The zero-order valence-corrected chi connectivity index (χ0v) is 11.8. The molecule has 0 N–H and O–H groups in total. The summed E-state index contributed by atoms with van der Waals surface area (Å²) in [6, 6.07) is 8.82. The molecule has 0 radical (unpaired) electrons. The van der Waals surface area contributed by atoms with Gasteiger partial charge in [0, 0.05) is 0 Å². The smallest absolute Gasteiger partial charge is 0.119 e. The Bertz CT molecular complexity index is 341. The van der Waals surface area contributed by atoms with Gasteiger partial charge in [-0.3, -0.25) is 0 Å². The average Bonchev–Trinajstić information content (AvgIpc) is 2.40. The number of hydrogen-bond acceptors (Lipinski definition) is 1. The predicted molar refractivity (Wildman–Crippen MR) is 77.2 cm³/mol. The Morgan fingerprint density at radius 2 is 1.94 bits per heavy atom. The van der Waals surface area contributed by atoms with Crippen LogP contribution in [0.25, 0.3) is 0 Å². The van der Waals surface area contributed by atoms with Gasteiger partial charge >= 0.3 is 0 Å². The molecule has 0 amide bonds. The van der Waals surface area contributed by atoms with E-state index in [2.05, 4.69) is 38.1 Å². The molecule has 2 rings (SSSR count). The lowest BCUT2D eigenvalue weighted by Gasteiger charge is -2.27. The molecule has 0 spiro atoms. The van der Waals surface area contributed by atoms with Gasteiger partial charge in [0.2, 0.25) is 0 Å². The summed E-state index contributed by atoms with van der Waals surface area (Å²) in [5.74, 6) is 2.69. The summed E-state index contributed by atoms with van der Waals surface area (Å²) in [5, 5.41) is 0. The first kappa shape index (κ1) is 13.5. The minimum absolute atomic E-state index is 0.776. The van der Waals surface area contributed by atoms with Gasteiger partial charge < -0.3 is 4.74 Å². The fraction of sp³-hybridized carbons (Fsp3) is 0.647. The lowest BCUT2D eigenvalue weighted by Crippen LogP contribution is -2.11. The van der Waals surface area contributed by atoms with Crippen molar-refractivity contribution in [2.24, 2.45) is 5.92 Å². The van der Waals surface area contributed by atoms with Crippen molar-refractivity contribution < 1.29 is 4.74 Å². The first-order chi connectivity index (χ1) is 8.79. The third-order valence-electron chi connectivity index (χ3n) is 4.05. The highest BCUT2D eigenvalue weighted by Gasteiger charge is 2.20. The third-order valence-corrected chi connectivity index (χ3v) is 4.05. The van der Waals surface area contributed by atoms with E-state index < -0.39 is 0 Å². The zero-order chi connectivity index (χ0) is 12.8. The van der Waals surface area contributed by atoms with Crippen LogP contribution in [0.4, 0.5) is 0 Å². The molecule has 0 aromatic heterocycles. The van der Waals surface area contributed by atoms with Gasteiger partial charge in [-0.1, -0.05) is 45.2 Å². The normalized spacial score (nSPS) is 23.9. The van der Waals surface area contributed by atoms with Crippen LogP contribution in [0.1, 0.15) is 63.9 Å². The van der Waals surface area contributed by atoms with Gasteiger partial charge in [0.25, 0.3) is 0 Å². The molecule has 1 heteroatoms. The van der Waals surface area contributed by atoms with Gasteiger partial charge in [-0.25, -0.2) is 0 Å². The minimum Gasteiger partial charge on any atom is -0.494 e. The van der Waals surface area contributed by atoms with Crippen molar-refractivity contribution in [3.63, 3.8) is 0 Å². The van der Waals surface area contributed by atoms with E-state index in [-0.39, 0.29) is 0 Å². The molecule has 18 heavy (non-hydrogen) atoms. The molecule has 0 heterocycles. The van der Waals surface area contributed by atoms with Crippen LogP contribution in [0.2, 0.25) is 0 Å². The molecule has 0 aliphatic heterocycles. The molecule has 0 bridgehead atoms. The second-order valence-corrected chi connectivity index (χ2v) is 5.74. The van der Waals surface area contributed by atoms with Crippen LogP contribution in [0.3, 0.4) is 0 Å². The quantitative estimate of drug-likeness (QED) is 0.652. The van der Waals surface area contributed by atoms with Crippen LogP contribution in [0.5, 0.6) is 5.75 Å². The van der Waals surface area contributed by atoms with Crippen molar-refractivity contribution in [3.05, 3.63) is 29.8 Å². The topological polar surface area (TPSA) is 9.23 Å².